The number of likely N-dealkylation sites (tertiary alicyclic amines) is 1. The highest BCUT2D eigenvalue weighted by molar-refractivity contribution is 5.87. The van der Waals surface area contributed by atoms with Crippen LogP contribution in [-0.4, -0.2) is 45.3 Å². The van der Waals surface area contributed by atoms with Crippen molar-refractivity contribution in [2.75, 3.05) is 6.54 Å². The first-order valence-corrected chi connectivity index (χ1v) is 7.79. The van der Waals surface area contributed by atoms with Crippen LogP contribution in [0.25, 0.3) is 0 Å². The minimum absolute atomic E-state index is 0.0249. The Hall–Kier alpha value is -2.49. The van der Waals surface area contributed by atoms with Gasteiger partial charge in [0.1, 0.15) is 0 Å². The van der Waals surface area contributed by atoms with Gasteiger partial charge in [-0.1, -0.05) is 5.16 Å². The van der Waals surface area contributed by atoms with Gasteiger partial charge in [0, 0.05) is 13.0 Å². The summed E-state index contributed by atoms with van der Waals surface area (Å²) in [5.41, 5.74) is 10.9. The maximum Gasteiger partial charge on any atom is 0.318 e. The van der Waals surface area contributed by atoms with E-state index in [0.717, 1.165) is 6.42 Å². The van der Waals surface area contributed by atoms with Crippen LogP contribution in [0.2, 0.25) is 0 Å². The zero-order chi connectivity index (χ0) is 17.7. The van der Waals surface area contributed by atoms with Crippen LogP contribution in [0, 0.1) is 0 Å². The summed E-state index contributed by atoms with van der Waals surface area (Å²) >= 11 is 0. The second kappa shape index (κ2) is 7.86. The second-order valence-electron chi connectivity index (χ2n) is 5.78. The highest BCUT2D eigenvalue weighted by atomic mass is 16.5. The SMILES string of the molecule is CC(=O)C1CCCN1C(=O)NCc1nc([C@@H](N)CCC(N)=O)no1. The highest BCUT2D eigenvalue weighted by Gasteiger charge is 2.31. The number of Topliss-reactive ketones (excluding diaryl/α,β-unsaturated/α-hetero) is 1. The number of amides is 3. The molecule has 0 saturated carbocycles. The van der Waals surface area contributed by atoms with E-state index in [2.05, 4.69) is 15.5 Å². The maximum atomic E-state index is 12.1. The summed E-state index contributed by atoms with van der Waals surface area (Å²) in [6.07, 6.45) is 1.93. The molecule has 132 valence electrons. The minimum atomic E-state index is -0.564. The van der Waals surface area contributed by atoms with Crippen molar-refractivity contribution in [2.45, 2.75) is 51.2 Å². The van der Waals surface area contributed by atoms with Crippen LogP contribution >= 0.6 is 0 Å². The summed E-state index contributed by atoms with van der Waals surface area (Å²) in [4.78, 5) is 40.0. The first-order valence-electron chi connectivity index (χ1n) is 7.79. The number of urea groups is 1. The standard InChI is InChI=1S/C14H22N6O4/c1-8(21)10-3-2-6-20(10)14(23)17-7-12-18-13(19-24-12)9(15)4-5-11(16)22/h9-10H,2-7,15H2,1H3,(H2,16,22)(H,17,23)/t9-,10?/m0/s1. The van der Waals surface area contributed by atoms with E-state index < -0.39 is 11.9 Å². The summed E-state index contributed by atoms with van der Waals surface area (Å²) in [5.74, 6) is -0.0232. The van der Waals surface area contributed by atoms with Gasteiger partial charge in [0.25, 0.3) is 0 Å². The van der Waals surface area contributed by atoms with E-state index in [-0.39, 0.29) is 42.5 Å². The van der Waals surface area contributed by atoms with Gasteiger partial charge in [0.05, 0.1) is 18.6 Å². The van der Waals surface area contributed by atoms with Crippen LogP contribution in [0.3, 0.4) is 0 Å². The van der Waals surface area contributed by atoms with E-state index in [1.165, 1.54) is 11.8 Å². The fourth-order valence-corrected chi connectivity index (χ4v) is 2.60. The predicted octanol–water partition coefficient (Wildman–Crippen LogP) is -0.402. The Labute approximate surface area is 138 Å². The number of nitrogens with zero attached hydrogens (tertiary/aromatic N) is 3. The number of hydrogen-bond donors (Lipinski definition) is 3. The molecule has 0 spiro atoms. The molecule has 1 aromatic heterocycles. The number of hydrogen-bond acceptors (Lipinski definition) is 7. The molecule has 5 N–H and O–H groups in total. The lowest BCUT2D eigenvalue weighted by atomic mass is 10.1. The second-order valence-corrected chi connectivity index (χ2v) is 5.78. The number of carbonyl (C=O) groups is 3. The third-order valence-electron chi connectivity index (χ3n) is 3.89. The van der Waals surface area contributed by atoms with Gasteiger partial charge in [0.2, 0.25) is 11.8 Å². The fourth-order valence-electron chi connectivity index (χ4n) is 2.60. The number of carbonyl (C=O) groups excluding carboxylic acids is 3. The lowest BCUT2D eigenvalue weighted by molar-refractivity contribution is -0.120. The van der Waals surface area contributed by atoms with E-state index in [4.69, 9.17) is 16.0 Å². The third kappa shape index (κ3) is 4.51. The monoisotopic (exact) mass is 338 g/mol. The van der Waals surface area contributed by atoms with Crippen molar-refractivity contribution in [1.29, 1.82) is 0 Å². The van der Waals surface area contributed by atoms with Crippen LogP contribution in [0.15, 0.2) is 4.52 Å². The lowest BCUT2D eigenvalue weighted by Crippen LogP contribution is -2.45. The third-order valence-corrected chi connectivity index (χ3v) is 3.89. The molecule has 3 amide bonds. The van der Waals surface area contributed by atoms with Crippen LogP contribution in [-0.2, 0) is 16.1 Å². The van der Waals surface area contributed by atoms with Crippen molar-refractivity contribution in [3.05, 3.63) is 11.7 Å². The van der Waals surface area contributed by atoms with Gasteiger partial charge in [-0.05, 0) is 26.2 Å². The summed E-state index contributed by atoms with van der Waals surface area (Å²) in [6, 6.07) is -1.28. The molecule has 1 fully saturated rings. The van der Waals surface area contributed by atoms with Crippen molar-refractivity contribution < 1.29 is 18.9 Å². The number of rotatable bonds is 7. The van der Waals surface area contributed by atoms with Crippen molar-refractivity contribution >= 4 is 17.7 Å². The molecular formula is C14H22N6O4. The molecule has 2 heterocycles. The molecule has 0 aliphatic carbocycles. The Morgan fingerprint density at radius 1 is 1.46 bits per heavy atom. The Balaban J connectivity index is 1.85. The summed E-state index contributed by atoms with van der Waals surface area (Å²) < 4.78 is 5.02. The van der Waals surface area contributed by atoms with Crippen molar-refractivity contribution in [1.82, 2.24) is 20.4 Å². The van der Waals surface area contributed by atoms with Crippen molar-refractivity contribution in [2.24, 2.45) is 11.5 Å². The van der Waals surface area contributed by atoms with Crippen LogP contribution < -0.4 is 16.8 Å². The molecule has 1 saturated heterocycles. The van der Waals surface area contributed by atoms with Gasteiger partial charge >= 0.3 is 6.03 Å². The molecule has 0 bridgehead atoms. The van der Waals surface area contributed by atoms with Crippen molar-refractivity contribution in [3.63, 3.8) is 0 Å². The molecule has 2 rings (SSSR count). The van der Waals surface area contributed by atoms with Crippen LogP contribution in [0.4, 0.5) is 4.79 Å². The van der Waals surface area contributed by atoms with E-state index in [1.807, 2.05) is 0 Å². The average molecular weight is 338 g/mol. The molecular weight excluding hydrogens is 316 g/mol. The normalized spacial score (nSPS) is 18.4. The van der Waals surface area contributed by atoms with E-state index in [9.17, 15) is 14.4 Å². The topological polar surface area (TPSA) is 157 Å². The Morgan fingerprint density at radius 3 is 2.88 bits per heavy atom. The number of ketones is 1. The molecule has 0 radical (unpaired) electrons. The number of primary amides is 1. The molecule has 24 heavy (non-hydrogen) atoms. The fraction of sp³-hybridized carbons (Fsp3) is 0.643. The largest absolute Gasteiger partial charge is 0.370 e. The van der Waals surface area contributed by atoms with Gasteiger partial charge in [0.15, 0.2) is 11.6 Å². The molecule has 1 aromatic rings. The first kappa shape index (κ1) is 17.9. The number of nitrogens with two attached hydrogens (primary N) is 2. The minimum Gasteiger partial charge on any atom is -0.370 e. The van der Waals surface area contributed by atoms with E-state index in [0.29, 0.717) is 19.4 Å². The lowest BCUT2D eigenvalue weighted by Gasteiger charge is -2.22. The Kier molecular flexibility index (Phi) is 5.85. The molecule has 1 aliphatic rings. The number of aromatic nitrogens is 2. The highest BCUT2D eigenvalue weighted by Crippen LogP contribution is 2.18. The smallest absolute Gasteiger partial charge is 0.318 e. The van der Waals surface area contributed by atoms with Gasteiger partial charge in [-0.25, -0.2) is 4.79 Å². The van der Waals surface area contributed by atoms with Crippen molar-refractivity contribution in [3.8, 4) is 0 Å². The Morgan fingerprint density at radius 2 is 2.21 bits per heavy atom. The number of nitrogens with one attached hydrogen (secondary N) is 1. The summed E-state index contributed by atoms with van der Waals surface area (Å²) in [6.45, 7) is 2.06. The first-order chi connectivity index (χ1) is 11.4. The molecule has 1 unspecified atom stereocenters. The zero-order valence-corrected chi connectivity index (χ0v) is 13.5. The van der Waals surface area contributed by atoms with Gasteiger partial charge in [-0.2, -0.15) is 4.98 Å². The maximum absolute atomic E-state index is 12.1. The molecule has 10 nitrogen and oxygen atoms in total. The van der Waals surface area contributed by atoms with Gasteiger partial charge in [-0.15, -0.1) is 0 Å². The van der Waals surface area contributed by atoms with E-state index in [1.54, 1.807) is 0 Å². The quantitative estimate of drug-likeness (QED) is 0.610. The molecule has 0 aromatic carbocycles. The van der Waals surface area contributed by atoms with E-state index >= 15 is 0 Å². The zero-order valence-electron chi connectivity index (χ0n) is 13.5. The summed E-state index contributed by atoms with van der Waals surface area (Å²) in [7, 11) is 0. The average Bonchev–Trinajstić information content (AvgIpc) is 3.19. The van der Waals surface area contributed by atoms with Crippen LogP contribution in [0.1, 0.15) is 50.4 Å². The predicted molar refractivity (Wildman–Crippen MR) is 82.3 cm³/mol. The Bertz CT molecular complexity index is 616. The molecule has 10 heteroatoms. The molecule has 1 aliphatic heterocycles. The van der Waals surface area contributed by atoms with Gasteiger partial charge < -0.3 is 26.2 Å². The van der Waals surface area contributed by atoms with Crippen LogP contribution in [0.5, 0.6) is 0 Å². The molecule has 2 atom stereocenters. The summed E-state index contributed by atoms with van der Waals surface area (Å²) in [5, 5.41) is 6.38. The van der Waals surface area contributed by atoms with Gasteiger partial charge in [-0.3, -0.25) is 9.59 Å².